The van der Waals surface area contributed by atoms with Crippen molar-refractivity contribution in [3.05, 3.63) is 0 Å². The number of sulfonamides is 1. The van der Waals surface area contributed by atoms with E-state index in [2.05, 4.69) is 0 Å². The minimum atomic E-state index is -5.98. The number of alkyl halides is 5. The highest BCUT2D eigenvalue weighted by Gasteiger charge is 2.63. The summed E-state index contributed by atoms with van der Waals surface area (Å²) in [4.78, 5) is 10.5. The molecule has 0 saturated heterocycles. The molecule has 0 unspecified atom stereocenters. The topological polar surface area (TPSA) is 75.3 Å². The van der Waals surface area contributed by atoms with Crippen molar-refractivity contribution in [2.45, 2.75) is 12.1 Å². The summed E-state index contributed by atoms with van der Waals surface area (Å²) in [5.41, 5.74) is 0. The third-order valence-corrected chi connectivity index (χ3v) is 2.14. The Balaban J connectivity index is 4.21. The van der Waals surface area contributed by atoms with Crippen LogP contribution in [0.3, 0.4) is 0 Å². The van der Waals surface area contributed by atoms with Gasteiger partial charge in [0.1, 0.15) is 0 Å². The fourth-order valence-electron chi connectivity index (χ4n) is 0.652. The lowest BCUT2D eigenvalue weighted by Gasteiger charge is -2.18. The molecule has 0 aliphatic carbocycles. The highest BCUT2D eigenvalue weighted by atomic mass is 32.2. The maximum Gasteiger partial charge on any atom is 0.463 e. The second-order valence-electron chi connectivity index (χ2n) is 2.99. The average Bonchev–Trinajstić information content (AvgIpc) is 2.08. The summed E-state index contributed by atoms with van der Waals surface area (Å²) in [5, 5.41) is 1.27. The van der Waals surface area contributed by atoms with E-state index in [1.54, 1.807) is 4.72 Å². The van der Waals surface area contributed by atoms with Gasteiger partial charge in [-0.2, -0.15) is 22.0 Å². The van der Waals surface area contributed by atoms with Gasteiger partial charge in [-0.25, -0.2) is 13.1 Å². The first-order valence-corrected chi connectivity index (χ1v) is 5.94. The largest absolute Gasteiger partial charge is 0.463 e. The van der Waals surface area contributed by atoms with Crippen LogP contribution in [0.4, 0.5) is 22.0 Å². The Labute approximate surface area is 93.4 Å². The van der Waals surface area contributed by atoms with Gasteiger partial charge in [0.2, 0.25) is 10.0 Å². The van der Waals surface area contributed by atoms with Crippen molar-refractivity contribution < 1.29 is 35.2 Å². The summed E-state index contributed by atoms with van der Waals surface area (Å²) in [6.45, 7) is -1.17. The van der Waals surface area contributed by atoms with Gasteiger partial charge >= 0.3 is 12.1 Å². The van der Waals surface area contributed by atoms with E-state index >= 15 is 0 Å². The second-order valence-corrected chi connectivity index (χ2v) is 4.83. The first kappa shape index (κ1) is 16.0. The summed E-state index contributed by atoms with van der Waals surface area (Å²) in [7, 11) is -3.60. The smallest absolute Gasteiger partial charge is 0.349 e. The van der Waals surface area contributed by atoms with Gasteiger partial charge < -0.3 is 5.32 Å². The Kier molecular flexibility index (Phi) is 4.83. The molecular formula is C6H9F5N2O3S. The van der Waals surface area contributed by atoms with Crippen LogP contribution in [0.15, 0.2) is 0 Å². The molecule has 11 heteroatoms. The summed E-state index contributed by atoms with van der Waals surface area (Å²) >= 11 is 0. The minimum absolute atomic E-state index is 0.488. The quantitative estimate of drug-likeness (QED) is 0.544. The fourth-order valence-corrected chi connectivity index (χ4v) is 1.13. The van der Waals surface area contributed by atoms with Crippen LogP contribution in [0, 0.1) is 0 Å². The van der Waals surface area contributed by atoms with Crippen molar-refractivity contribution >= 4 is 15.9 Å². The zero-order valence-corrected chi connectivity index (χ0v) is 9.25. The Bertz CT molecular complexity index is 378. The molecule has 0 rings (SSSR count). The lowest BCUT2D eigenvalue weighted by molar-refractivity contribution is -0.269. The molecule has 0 spiro atoms. The van der Waals surface area contributed by atoms with Crippen LogP contribution >= 0.6 is 0 Å². The van der Waals surface area contributed by atoms with E-state index < -0.39 is 41.1 Å². The van der Waals surface area contributed by atoms with Crippen LogP contribution in [0.1, 0.15) is 0 Å². The summed E-state index contributed by atoms with van der Waals surface area (Å²) in [5.74, 6) is -8.03. The Morgan fingerprint density at radius 1 is 1.12 bits per heavy atom. The molecule has 0 heterocycles. The highest BCUT2D eigenvalue weighted by Crippen LogP contribution is 2.35. The molecule has 102 valence electrons. The monoisotopic (exact) mass is 284 g/mol. The van der Waals surface area contributed by atoms with E-state index in [-0.39, 0.29) is 0 Å². The van der Waals surface area contributed by atoms with Gasteiger partial charge in [-0.1, -0.05) is 0 Å². The summed E-state index contributed by atoms with van der Waals surface area (Å²) in [6.07, 6.45) is -5.22. The Hall–Kier alpha value is -0.970. The van der Waals surface area contributed by atoms with Crippen LogP contribution in [0.25, 0.3) is 0 Å². The number of rotatable bonds is 5. The molecule has 0 aromatic rings. The first-order valence-electron chi connectivity index (χ1n) is 4.05. The molecule has 0 saturated carbocycles. The van der Waals surface area contributed by atoms with E-state index in [9.17, 15) is 35.2 Å². The van der Waals surface area contributed by atoms with Crippen molar-refractivity contribution in [3.8, 4) is 0 Å². The van der Waals surface area contributed by atoms with Gasteiger partial charge in [0.15, 0.2) is 0 Å². The van der Waals surface area contributed by atoms with Crippen molar-refractivity contribution in [1.29, 1.82) is 0 Å². The highest BCUT2D eigenvalue weighted by molar-refractivity contribution is 7.88. The molecule has 0 aliphatic heterocycles. The molecule has 0 fully saturated rings. The summed E-state index contributed by atoms with van der Waals surface area (Å²) in [6, 6.07) is 0. The maximum absolute atomic E-state index is 12.3. The lowest BCUT2D eigenvalue weighted by atomic mass is 10.3. The Morgan fingerprint density at radius 2 is 1.59 bits per heavy atom. The molecule has 0 radical (unpaired) electrons. The number of amides is 1. The van der Waals surface area contributed by atoms with Crippen molar-refractivity contribution in [2.24, 2.45) is 0 Å². The van der Waals surface area contributed by atoms with Crippen LogP contribution in [-0.4, -0.2) is 45.8 Å². The van der Waals surface area contributed by atoms with E-state index in [0.717, 1.165) is 6.26 Å². The number of hydrogen-bond donors (Lipinski definition) is 2. The van der Waals surface area contributed by atoms with Gasteiger partial charge in [-0.3, -0.25) is 4.79 Å². The van der Waals surface area contributed by atoms with E-state index in [1.165, 1.54) is 5.32 Å². The van der Waals surface area contributed by atoms with Gasteiger partial charge in [0, 0.05) is 13.1 Å². The van der Waals surface area contributed by atoms with Crippen molar-refractivity contribution in [3.63, 3.8) is 0 Å². The van der Waals surface area contributed by atoms with Crippen molar-refractivity contribution in [1.82, 2.24) is 10.0 Å². The third-order valence-electron chi connectivity index (χ3n) is 1.42. The van der Waals surface area contributed by atoms with Gasteiger partial charge in [0.25, 0.3) is 5.91 Å². The molecular weight excluding hydrogens is 275 g/mol. The number of carbonyl (C=O) groups is 1. The lowest BCUT2D eigenvalue weighted by Crippen LogP contribution is -2.51. The van der Waals surface area contributed by atoms with Crippen LogP contribution in [0.2, 0.25) is 0 Å². The molecule has 0 atom stereocenters. The molecule has 0 aromatic heterocycles. The first-order chi connectivity index (χ1) is 7.38. The molecule has 5 nitrogen and oxygen atoms in total. The number of carbonyl (C=O) groups excluding carboxylic acids is 1. The van der Waals surface area contributed by atoms with Gasteiger partial charge in [0.05, 0.1) is 6.26 Å². The number of halogens is 5. The molecule has 1 amide bonds. The Morgan fingerprint density at radius 3 is 1.94 bits per heavy atom. The van der Waals surface area contributed by atoms with Gasteiger partial charge in [-0.05, 0) is 0 Å². The van der Waals surface area contributed by atoms with Crippen LogP contribution < -0.4 is 10.0 Å². The molecule has 2 N–H and O–H groups in total. The maximum atomic E-state index is 12.3. The number of hydrogen-bond acceptors (Lipinski definition) is 3. The van der Waals surface area contributed by atoms with E-state index in [1.807, 2.05) is 0 Å². The second kappa shape index (κ2) is 5.12. The summed E-state index contributed by atoms with van der Waals surface area (Å²) < 4.78 is 82.4. The molecule has 0 aliphatic rings. The van der Waals surface area contributed by atoms with E-state index in [0.29, 0.717) is 0 Å². The number of nitrogens with one attached hydrogen (secondary N) is 2. The SMILES string of the molecule is CS(=O)(=O)NCCNC(=O)C(F)(F)C(F)(F)F. The third kappa shape index (κ3) is 5.26. The van der Waals surface area contributed by atoms with Crippen LogP contribution in [-0.2, 0) is 14.8 Å². The van der Waals surface area contributed by atoms with Crippen LogP contribution in [0.5, 0.6) is 0 Å². The zero-order valence-electron chi connectivity index (χ0n) is 8.44. The molecule has 17 heavy (non-hydrogen) atoms. The standard InChI is InChI=1S/C6H9F5N2O3S/c1-17(15,16)13-3-2-12-4(14)5(7,8)6(9,10)11/h13H,2-3H2,1H3,(H,12,14). The molecule has 0 aromatic carbocycles. The zero-order chi connectivity index (χ0) is 13.9. The van der Waals surface area contributed by atoms with Gasteiger partial charge in [-0.15, -0.1) is 0 Å². The predicted molar refractivity (Wildman–Crippen MR) is 46.9 cm³/mol. The predicted octanol–water partition coefficient (Wildman–Crippen LogP) is -0.151. The van der Waals surface area contributed by atoms with E-state index in [4.69, 9.17) is 0 Å². The normalized spacial score (nSPS) is 13.5. The average molecular weight is 284 g/mol. The van der Waals surface area contributed by atoms with Crippen molar-refractivity contribution in [2.75, 3.05) is 19.3 Å². The molecule has 0 bridgehead atoms. The fraction of sp³-hybridized carbons (Fsp3) is 0.833. The minimum Gasteiger partial charge on any atom is -0.349 e.